The van der Waals surface area contributed by atoms with E-state index in [0.29, 0.717) is 0 Å². The summed E-state index contributed by atoms with van der Waals surface area (Å²) in [6.45, 7) is 6.83. The molecular weight excluding hydrogens is 594 g/mol. The van der Waals surface area contributed by atoms with Gasteiger partial charge in [-0.05, 0) is 24.0 Å². The normalized spacial score (nSPS) is 10.3. The van der Waals surface area contributed by atoms with Crippen molar-refractivity contribution in [1.29, 1.82) is 0 Å². The number of halogens is 2. The molecule has 170 valence electrons. The van der Waals surface area contributed by atoms with Crippen molar-refractivity contribution in [2.75, 3.05) is 0 Å². The van der Waals surface area contributed by atoms with E-state index in [1.54, 1.807) is 0 Å². The van der Waals surface area contributed by atoms with Gasteiger partial charge >= 0.3 is 0 Å². The molecule has 0 aliphatic rings. The molecule has 2 rings (SSSR count). The second-order valence-electron chi connectivity index (χ2n) is 8.18. The lowest BCUT2D eigenvalue weighted by atomic mass is 10.1. The van der Waals surface area contributed by atoms with Gasteiger partial charge in [0.25, 0.3) is 0 Å². The molecule has 0 spiro atoms. The van der Waals surface area contributed by atoms with Gasteiger partial charge in [-0.1, -0.05) is 65.2 Å². The molecule has 0 saturated heterocycles. The van der Waals surface area contributed by atoms with E-state index in [9.17, 15) is 0 Å². The second-order valence-corrected chi connectivity index (χ2v) is 8.18. The molecule has 0 aliphatic heterocycles. The first kappa shape index (κ1) is 29.8. The van der Waals surface area contributed by atoms with Crippen molar-refractivity contribution in [2.24, 2.45) is 0 Å². The monoisotopic (exact) mass is 636 g/mol. The van der Waals surface area contributed by atoms with Crippen molar-refractivity contribution < 1.29 is 57.1 Å². The molecule has 0 N–H and O–H groups in total. The van der Waals surface area contributed by atoms with Crippen LogP contribution in [-0.2, 0) is 13.1 Å². The van der Waals surface area contributed by atoms with Crippen LogP contribution in [0.2, 0.25) is 0 Å². The van der Waals surface area contributed by atoms with Crippen LogP contribution in [0, 0.1) is 0 Å². The molecule has 0 amide bonds. The Hall–Kier alpha value is -0.240. The van der Waals surface area contributed by atoms with Crippen LogP contribution in [-0.4, -0.2) is 0 Å². The first-order chi connectivity index (χ1) is 13.8. The van der Waals surface area contributed by atoms with Gasteiger partial charge in [0.2, 0.25) is 0 Å². The predicted octanol–water partition coefficient (Wildman–Crippen LogP) is 0.658. The van der Waals surface area contributed by atoms with E-state index in [-0.39, 0.29) is 48.0 Å². The van der Waals surface area contributed by atoms with Crippen LogP contribution in [0.5, 0.6) is 0 Å². The molecular formula is C26H42I2N2. The minimum atomic E-state index is 0. The summed E-state index contributed by atoms with van der Waals surface area (Å²) in [5, 5.41) is 0. The van der Waals surface area contributed by atoms with Gasteiger partial charge in [-0.25, -0.2) is 9.13 Å². The Bertz CT molecular complexity index is 569. The Morgan fingerprint density at radius 2 is 0.767 bits per heavy atom. The minimum Gasteiger partial charge on any atom is -1.00 e. The van der Waals surface area contributed by atoms with Gasteiger partial charge in [0.15, 0.2) is 24.8 Å². The average molecular weight is 636 g/mol. The number of rotatable bonds is 15. The molecule has 2 nitrogen and oxygen atoms in total. The molecule has 0 saturated carbocycles. The van der Waals surface area contributed by atoms with Crippen molar-refractivity contribution in [3.05, 3.63) is 49.1 Å². The zero-order valence-electron chi connectivity index (χ0n) is 19.2. The topological polar surface area (TPSA) is 7.76 Å². The lowest BCUT2D eigenvalue weighted by Gasteiger charge is -2.02. The van der Waals surface area contributed by atoms with E-state index in [0.717, 1.165) is 13.1 Å². The van der Waals surface area contributed by atoms with Crippen LogP contribution >= 0.6 is 0 Å². The van der Waals surface area contributed by atoms with Crippen molar-refractivity contribution in [1.82, 2.24) is 0 Å². The zero-order valence-corrected chi connectivity index (χ0v) is 23.5. The van der Waals surface area contributed by atoms with Gasteiger partial charge in [0.05, 0.1) is 0 Å². The van der Waals surface area contributed by atoms with Crippen LogP contribution < -0.4 is 57.1 Å². The number of pyridine rings is 2. The van der Waals surface area contributed by atoms with Crippen molar-refractivity contribution in [3.8, 4) is 11.1 Å². The van der Waals surface area contributed by atoms with Crippen molar-refractivity contribution in [2.45, 2.75) is 104 Å². The van der Waals surface area contributed by atoms with Gasteiger partial charge < -0.3 is 48.0 Å². The highest BCUT2D eigenvalue weighted by molar-refractivity contribution is 5.60. The third kappa shape index (κ3) is 12.6. The zero-order chi connectivity index (χ0) is 19.9. The standard InChI is InChI=1S/C26H42N2.2HI/c1-3-5-7-9-11-13-19-27-21-15-25(16-22-27)26-17-23-28(24-18-26)20-14-12-10-8-6-4-2;;/h15-18,21-24H,3-14,19-20H2,1-2H3;2*1H/q+2;;/p-2. The lowest BCUT2D eigenvalue weighted by molar-refractivity contribution is -0.697. The molecule has 0 fully saturated rings. The second kappa shape index (κ2) is 19.4. The third-order valence-electron chi connectivity index (χ3n) is 5.66. The Morgan fingerprint density at radius 3 is 1.10 bits per heavy atom. The fourth-order valence-electron chi connectivity index (χ4n) is 3.75. The maximum absolute atomic E-state index is 2.32. The predicted molar refractivity (Wildman–Crippen MR) is 119 cm³/mol. The van der Waals surface area contributed by atoms with Crippen LogP contribution in [0.1, 0.15) is 90.9 Å². The highest BCUT2D eigenvalue weighted by atomic mass is 127. The van der Waals surface area contributed by atoms with Gasteiger partial charge in [-0.2, -0.15) is 0 Å². The number of nitrogens with zero attached hydrogens (tertiary/aromatic N) is 2. The van der Waals surface area contributed by atoms with Gasteiger partial charge in [0.1, 0.15) is 13.1 Å². The third-order valence-corrected chi connectivity index (χ3v) is 5.66. The fourth-order valence-corrected chi connectivity index (χ4v) is 3.75. The number of unbranched alkanes of at least 4 members (excludes halogenated alkanes) is 10. The van der Waals surface area contributed by atoms with E-state index in [1.807, 2.05) is 0 Å². The maximum atomic E-state index is 2.32. The van der Waals surface area contributed by atoms with Crippen LogP contribution in [0.3, 0.4) is 0 Å². The molecule has 0 aliphatic carbocycles. The summed E-state index contributed by atoms with van der Waals surface area (Å²) in [7, 11) is 0. The average Bonchev–Trinajstić information content (AvgIpc) is 2.74. The Morgan fingerprint density at radius 1 is 0.467 bits per heavy atom. The maximum Gasteiger partial charge on any atom is 0.169 e. The summed E-state index contributed by atoms with van der Waals surface area (Å²) in [5.41, 5.74) is 2.62. The van der Waals surface area contributed by atoms with Gasteiger partial charge in [-0.15, -0.1) is 0 Å². The molecule has 0 radical (unpaired) electrons. The quantitative estimate of drug-likeness (QED) is 0.154. The largest absolute Gasteiger partial charge is 1.00 e. The summed E-state index contributed by atoms with van der Waals surface area (Å²) in [5.74, 6) is 0. The first-order valence-electron chi connectivity index (χ1n) is 11.8. The minimum absolute atomic E-state index is 0. The lowest BCUT2D eigenvalue weighted by Crippen LogP contribution is -3.00. The summed E-state index contributed by atoms with van der Waals surface area (Å²) >= 11 is 0. The van der Waals surface area contributed by atoms with E-state index in [4.69, 9.17) is 0 Å². The highest BCUT2D eigenvalue weighted by Gasteiger charge is 2.06. The van der Waals surface area contributed by atoms with Crippen molar-refractivity contribution >= 4 is 0 Å². The Kier molecular flexibility index (Phi) is 19.3. The molecule has 2 aromatic rings. The molecule has 0 bridgehead atoms. The number of aryl methyl sites for hydroxylation is 2. The van der Waals surface area contributed by atoms with Gasteiger partial charge in [0, 0.05) is 37.1 Å². The Balaban J connectivity index is 0.00000420. The molecule has 2 heterocycles. The number of hydrogen-bond acceptors (Lipinski definition) is 0. The van der Waals surface area contributed by atoms with E-state index in [1.165, 1.54) is 88.2 Å². The molecule has 30 heavy (non-hydrogen) atoms. The SMILES string of the molecule is CCCCCCCC[n+]1ccc(-c2cc[n+](CCCCCCCC)cc2)cc1.[I-].[I-]. The fraction of sp³-hybridized carbons (Fsp3) is 0.615. The Labute approximate surface area is 219 Å². The van der Waals surface area contributed by atoms with Gasteiger partial charge in [-0.3, -0.25) is 0 Å². The molecule has 4 heteroatoms. The molecule has 0 aromatic carbocycles. The summed E-state index contributed by atoms with van der Waals surface area (Å²) in [6.07, 6.45) is 25.2. The summed E-state index contributed by atoms with van der Waals surface area (Å²) in [6, 6.07) is 9.02. The molecule has 0 atom stereocenters. The molecule has 2 aromatic heterocycles. The number of hydrogen-bond donors (Lipinski definition) is 0. The van der Waals surface area contributed by atoms with E-state index < -0.39 is 0 Å². The van der Waals surface area contributed by atoms with Crippen molar-refractivity contribution in [3.63, 3.8) is 0 Å². The first-order valence-corrected chi connectivity index (χ1v) is 11.8. The smallest absolute Gasteiger partial charge is 0.169 e. The van der Waals surface area contributed by atoms with Crippen LogP contribution in [0.15, 0.2) is 49.1 Å². The summed E-state index contributed by atoms with van der Waals surface area (Å²) in [4.78, 5) is 0. The highest BCUT2D eigenvalue weighted by Crippen LogP contribution is 2.16. The summed E-state index contributed by atoms with van der Waals surface area (Å²) < 4.78 is 4.65. The number of aromatic nitrogens is 2. The molecule has 0 unspecified atom stereocenters. The van der Waals surface area contributed by atoms with E-state index in [2.05, 4.69) is 72.0 Å². The van der Waals surface area contributed by atoms with Crippen LogP contribution in [0.25, 0.3) is 11.1 Å². The van der Waals surface area contributed by atoms with Crippen LogP contribution in [0.4, 0.5) is 0 Å². The van der Waals surface area contributed by atoms with E-state index >= 15 is 0 Å².